The lowest BCUT2D eigenvalue weighted by Gasteiger charge is -2.02. The van der Waals surface area contributed by atoms with Crippen molar-refractivity contribution in [3.05, 3.63) is 33.9 Å². The highest BCUT2D eigenvalue weighted by Gasteiger charge is 2.10. The number of aromatic nitrogens is 1. The highest BCUT2D eigenvalue weighted by atomic mass is 79.9. The van der Waals surface area contributed by atoms with E-state index >= 15 is 0 Å². The van der Waals surface area contributed by atoms with E-state index in [0.29, 0.717) is 0 Å². The van der Waals surface area contributed by atoms with Gasteiger partial charge in [0.05, 0.1) is 4.60 Å². The average molecular weight is 267 g/mol. The molecule has 0 fully saturated rings. The first-order valence-corrected chi connectivity index (χ1v) is 5.93. The summed E-state index contributed by atoms with van der Waals surface area (Å²) < 4.78 is 1.11. The quantitative estimate of drug-likeness (QED) is 0.879. The van der Waals surface area contributed by atoms with Crippen LogP contribution in [0.3, 0.4) is 0 Å². The van der Waals surface area contributed by atoms with Crippen LogP contribution in [0.5, 0.6) is 0 Å². The minimum atomic E-state index is 1.000. The minimum absolute atomic E-state index is 1.000. The predicted octanol–water partition coefficient (Wildman–Crippen LogP) is 3.00. The van der Waals surface area contributed by atoms with Crippen molar-refractivity contribution in [2.75, 3.05) is 13.6 Å². The molecule has 0 amide bonds. The van der Waals surface area contributed by atoms with Gasteiger partial charge < -0.3 is 10.3 Å². The highest BCUT2D eigenvalue weighted by Crippen LogP contribution is 2.29. The molecule has 2 N–H and O–H groups in total. The SMILES string of the molecule is CNCCc1c(Br)[nH]c2cccc(C)c12. The number of aromatic amines is 1. The Morgan fingerprint density at radius 1 is 1.40 bits per heavy atom. The van der Waals surface area contributed by atoms with E-state index in [2.05, 4.69) is 51.4 Å². The Bertz CT molecular complexity index is 474. The second-order valence-electron chi connectivity index (χ2n) is 3.77. The van der Waals surface area contributed by atoms with E-state index in [4.69, 9.17) is 0 Å². The fourth-order valence-electron chi connectivity index (χ4n) is 1.96. The van der Waals surface area contributed by atoms with Crippen LogP contribution >= 0.6 is 15.9 Å². The third-order valence-electron chi connectivity index (χ3n) is 2.71. The van der Waals surface area contributed by atoms with E-state index in [-0.39, 0.29) is 0 Å². The molecule has 1 aromatic heterocycles. The Labute approximate surface area is 98.2 Å². The van der Waals surface area contributed by atoms with Crippen LogP contribution < -0.4 is 5.32 Å². The number of halogens is 1. The van der Waals surface area contributed by atoms with Crippen LogP contribution in [0.25, 0.3) is 10.9 Å². The van der Waals surface area contributed by atoms with Crippen molar-refractivity contribution in [2.45, 2.75) is 13.3 Å². The Hall–Kier alpha value is -0.800. The van der Waals surface area contributed by atoms with E-state index in [0.717, 1.165) is 17.6 Å². The summed E-state index contributed by atoms with van der Waals surface area (Å²) >= 11 is 3.59. The second-order valence-corrected chi connectivity index (χ2v) is 4.56. The lowest BCUT2D eigenvalue weighted by atomic mass is 10.1. The smallest absolute Gasteiger partial charge is 0.0864 e. The number of fused-ring (bicyclic) bond motifs is 1. The number of benzene rings is 1. The molecule has 0 bridgehead atoms. The van der Waals surface area contributed by atoms with Crippen LogP contribution in [0.4, 0.5) is 0 Å². The van der Waals surface area contributed by atoms with Gasteiger partial charge in [0, 0.05) is 10.9 Å². The molecule has 0 saturated carbocycles. The normalized spacial score (nSPS) is 11.1. The zero-order valence-corrected chi connectivity index (χ0v) is 10.6. The molecule has 0 radical (unpaired) electrons. The van der Waals surface area contributed by atoms with Crippen LogP contribution in [0, 0.1) is 6.92 Å². The molecule has 0 spiro atoms. The third kappa shape index (κ3) is 1.94. The molecular weight excluding hydrogens is 252 g/mol. The second kappa shape index (κ2) is 4.37. The van der Waals surface area contributed by atoms with Gasteiger partial charge in [0.15, 0.2) is 0 Å². The maximum Gasteiger partial charge on any atom is 0.0864 e. The van der Waals surface area contributed by atoms with E-state index in [9.17, 15) is 0 Å². The zero-order chi connectivity index (χ0) is 10.8. The van der Waals surface area contributed by atoms with Crippen LogP contribution in [0.1, 0.15) is 11.1 Å². The number of nitrogens with one attached hydrogen (secondary N) is 2. The Morgan fingerprint density at radius 2 is 2.20 bits per heavy atom. The molecule has 0 atom stereocenters. The summed E-state index contributed by atoms with van der Waals surface area (Å²) in [6.45, 7) is 3.16. The van der Waals surface area contributed by atoms with Gasteiger partial charge >= 0.3 is 0 Å². The van der Waals surface area contributed by atoms with E-state index in [1.54, 1.807) is 0 Å². The number of hydrogen-bond donors (Lipinski definition) is 2. The molecule has 0 aliphatic heterocycles. The molecule has 1 heterocycles. The third-order valence-corrected chi connectivity index (χ3v) is 3.39. The average Bonchev–Trinajstić information content (AvgIpc) is 2.53. The molecule has 0 aliphatic carbocycles. The molecule has 0 aliphatic rings. The molecule has 1 aromatic carbocycles. The topological polar surface area (TPSA) is 27.8 Å². The molecule has 2 rings (SSSR count). The summed E-state index contributed by atoms with van der Waals surface area (Å²) in [5.41, 5.74) is 3.92. The maximum absolute atomic E-state index is 3.59. The molecule has 0 saturated heterocycles. The van der Waals surface area contributed by atoms with Crippen LogP contribution in [0.2, 0.25) is 0 Å². The molecule has 2 nitrogen and oxygen atoms in total. The van der Waals surface area contributed by atoms with Crippen molar-refractivity contribution in [2.24, 2.45) is 0 Å². The van der Waals surface area contributed by atoms with Gasteiger partial charge in [0.1, 0.15) is 0 Å². The van der Waals surface area contributed by atoms with Crippen molar-refractivity contribution in [1.82, 2.24) is 10.3 Å². The first kappa shape index (κ1) is 10.7. The molecule has 3 heteroatoms. The van der Waals surface area contributed by atoms with Gasteiger partial charge in [-0.15, -0.1) is 0 Å². The fraction of sp³-hybridized carbons (Fsp3) is 0.333. The summed E-state index contributed by atoms with van der Waals surface area (Å²) in [5, 5.41) is 4.54. The number of rotatable bonds is 3. The van der Waals surface area contributed by atoms with Crippen LogP contribution in [-0.4, -0.2) is 18.6 Å². The molecule has 15 heavy (non-hydrogen) atoms. The summed E-state index contributed by atoms with van der Waals surface area (Å²) in [6.07, 6.45) is 1.04. The molecule has 2 aromatic rings. The number of H-pyrrole nitrogens is 1. The summed E-state index contributed by atoms with van der Waals surface area (Å²) in [4.78, 5) is 3.37. The molecule has 0 unspecified atom stereocenters. The molecule has 80 valence electrons. The van der Waals surface area contributed by atoms with Crippen molar-refractivity contribution in [3.8, 4) is 0 Å². The van der Waals surface area contributed by atoms with Crippen molar-refractivity contribution in [1.29, 1.82) is 0 Å². The van der Waals surface area contributed by atoms with Crippen molar-refractivity contribution >= 4 is 26.8 Å². The summed E-state index contributed by atoms with van der Waals surface area (Å²) in [6, 6.07) is 6.36. The molecular formula is C12H15BrN2. The van der Waals surface area contributed by atoms with Gasteiger partial charge in [-0.1, -0.05) is 12.1 Å². The lowest BCUT2D eigenvalue weighted by molar-refractivity contribution is 0.792. The first-order valence-electron chi connectivity index (χ1n) is 5.14. The zero-order valence-electron chi connectivity index (χ0n) is 9.02. The first-order chi connectivity index (χ1) is 7.24. The van der Waals surface area contributed by atoms with Gasteiger partial charge in [-0.05, 0) is 60.1 Å². The van der Waals surface area contributed by atoms with E-state index in [1.165, 1.54) is 22.0 Å². The van der Waals surface area contributed by atoms with Gasteiger partial charge in [0.2, 0.25) is 0 Å². The minimum Gasteiger partial charge on any atom is -0.349 e. The summed E-state index contributed by atoms with van der Waals surface area (Å²) in [5.74, 6) is 0. The number of hydrogen-bond acceptors (Lipinski definition) is 1. The Kier molecular flexibility index (Phi) is 3.12. The predicted molar refractivity (Wildman–Crippen MR) is 68.4 cm³/mol. The number of likely N-dealkylation sites (N-methyl/N-ethyl adjacent to an activating group) is 1. The maximum atomic E-state index is 3.59. The number of aryl methyl sites for hydroxylation is 1. The highest BCUT2D eigenvalue weighted by molar-refractivity contribution is 9.10. The van der Waals surface area contributed by atoms with Gasteiger partial charge in [0.25, 0.3) is 0 Å². The van der Waals surface area contributed by atoms with Crippen molar-refractivity contribution < 1.29 is 0 Å². The fourth-order valence-corrected chi connectivity index (χ4v) is 2.57. The standard InChI is InChI=1S/C12H15BrN2/c1-8-4-3-5-10-11(8)9(6-7-14-2)12(13)15-10/h3-5,14-15H,6-7H2,1-2H3. The van der Waals surface area contributed by atoms with E-state index in [1.807, 2.05) is 7.05 Å². The summed E-state index contributed by atoms with van der Waals surface area (Å²) in [7, 11) is 1.98. The van der Waals surface area contributed by atoms with E-state index < -0.39 is 0 Å². The Balaban J connectivity index is 2.55. The van der Waals surface area contributed by atoms with Crippen LogP contribution in [0.15, 0.2) is 22.8 Å². The van der Waals surface area contributed by atoms with Crippen LogP contribution in [-0.2, 0) is 6.42 Å². The largest absolute Gasteiger partial charge is 0.349 e. The van der Waals surface area contributed by atoms with Crippen molar-refractivity contribution in [3.63, 3.8) is 0 Å². The van der Waals surface area contributed by atoms with Gasteiger partial charge in [-0.3, -0.25) is 0 Å². The van der Waals surface area contributed by atoms with Gasteiger partial charge in [-0.25, -0.2) is 0 Å². The monoisotopic (exact) mass is 266 g/mol. The Morgan fingerprint density at radius 3 is 2.93 bits per heavy atom. The lowest BCUT2D eigenvalue weighted by Crippen LogP contribution is -2.10. The van der Waals surface area contributed by atoms with Gasteiger partial charge in [-0.2, -0.15) is 0 Å².